The number of hydrogen-bond donors (Lipinski definition) is 1. The van der Waals surface area contributed by atoms with Crippen LogP contribution in [0.4, 0.5) is 0 Å². The number of benzene rings is 1. The van der Waals surface area contributed by atoms with E-state index in [0.29, 0.717) is 11.5 Å². The molecule has 2 rings (SSSR count). The lowest BCUT2D eigenvalue weighted by Gasteiger charge is -2.15. The van der Waals surface area contributed by atoms with Crippen LogP contribution in [0.1, 0.15) is 12.5 Å². The minimum Gasteiger partial charge on any atom is -0.497 e. The molecule has 108 valence electrons. The predicted octanol–water partition coefficient (Wildman–Crippen LogP) is 0.970. The van der Waals surface area contributed by atoms with Gasteiger partial charge in [0, 0.05) is 5.56 Å². The standard InChI is InChI=1S/C14H17NO5/c1-3-19-14(17)12-11(8-16)20-15-13(12)9-4-6-10(18-2)7-5-9/h4-7,11-12,16H,3,8H2,1-2H3/t11-,12-/m1/s1. The van der Waals surface area contributed by atoms with Crippen LogP contribution in [0.3, 0.4) is 0 Å². The van der Waals surface area contributed by atoms with Crippen molar-refractivity contribution in [1.29, 1.82) is 0 Å². The van der Waals surface area contributed by atoms with Gasteiger partial charge in [-0.2, -0.15) is 0 Å². The third kappa shape index (κ3) is 2.75. The quantitative estimate of drug-likeness (QED) is 0.813. The van der Waals surface area contributed by atoms with Crippen LogP contribution in [-0.4, -0.2) is 43.2 Å². The maximum absolute atomic E-state index is 12.0. The molecule has 0 aromatic heterocycles. The molecule has 0 unspecified atom stereocenters. The average Bonchev–Trinajstić information content (AvgIpc) is 2.91. The molecule has 2 atom stereocenters. The molecule has 1 aliphatic rings. The van der Waals surface area contributed by atoms with E-state index in [0.717, 1.165) is 5.56 Å². The lowest BCUT2D eigenvalue weighted by Crippen LogP contribution is -2.35. The van der Waals surface area contributed by atoms with Crippen LogP contribution in [0.15, 0.2) is 29.4 Å². The van der Waals surface area contributed by atoms with Crippen molar-refractivity contribution < 1.29 is 24.2 Å². The molecule has 0 fully saturated rings. The van der Waals surface area contributed by atoms with Crippen molar-refractivity contribution in [3.05, 3.63) is 29.8 Å². The van der Waals surface area contributed by atoms with E-state index in [1.807, 2.05) is 0 Å². The molecule has 0 radical (unpaired) electrons. The summed E-state index contributed by atoms with van der Waals surface area (Å²) < 4.78 is 10.1. The second-order valence-corrected chi connectivity index (χ2v) is 4.26. The predicted molar refractivity (Wildman–Crippen MR) is 71.6 cm³/mol. The summed E-state index contributed by atoms with van der Waals surface area (Å²) in [5, 5.41) is 13.2. The topological polar surface area (TPSA) is 77.4 Å². The number of ether oxygens (including phenoxy) is 2. The highest BCUT2D eigenvalue weighted by Crippen LogP contribution is 2.25. The lowest BCUT2D eigenvalue weighted by atomic mass is 9.92. The third-order valence-electron chi connectivity index (χ3n) is 3.06. The zero-order valence-corrected chi connectivity index (χ0v) is 11.4. The minimum absolute atomic E-state index is 0.267. The SMILES string of the molecule is CCOC(=O)[C@H]1C(c2ccc(OC)cc2)=NO[C@@H]1CO. The van der Waals surface area contributed by atoms with E-state index in [9.17, 15) is 9.90 Å². The van der Waals surface area contributed by atoms with E-state index in [-0.39, 0.29) is 13.2 Å². The molecule has 0 spiro atoms. The van der Waals surface area contributed by atoms with E-state index in [1.165, 1.54) is 0 Å². The molecular weight excluding hydrogens is 262 g/mol. The van der Waals surface area contributed by atoms with Crippen LogP contribution in [0.2, 0.25) is 0 Å². The second kappa shape index (κ2) is 6.38. The van der Waals surface area contributed by atoms with Crippen LogP contribution in [0.25, 0.3) is 0 Å². The number of esters is 1. The Morgan fingerprint density at radius 2 is 2.10 bits per heavy atom. The maximum Gasteiger partial charge on any atom is 0.319 e. The summed E-state index contributed by atoms with van der Waals surface area (Å²) in [6.07, 6.45) is -0.703. The Balaban J connectivity index is 2.25. The van der Waals surface area contributed by atoms with Gasteiger partial charge in [-0.25, -0.2) is 0 Å². The van der Waals surface area contributed by atoms with Gasteiger partial charge in [-0.15, -0.1) is 0 Å². The smallest absolute Gasteiger partial charge is 0.319 e. The Kier molecular flexibility index (Phi) is 4.57. The number of carbonyl (C=O) groups excluding carboxylic acids is 1. The summed E-state index contributed by atoms with van der Waals surface area (Å²) >= 11 is 0. The molecule has 0 amide bonds. The normalized spacial score (nSPS) is 21.1. The second-order valence-electron chi connectivity index (χ2n) is 4.26. The molecule has 0 saturated carbocycles. The number of methoxy groups -OCH3 is 1. The summed E-state index contributed by atoms with van der Waals surface area (Å²) in [4.78, 5) is 17.1. The first kappa shape index (κ1) is 14.3. The minimum atomic E-state index is -0.714. The van der Waals surface area contributed by atoms with Crippen LogP contribution in [0.5, 0.6) is 5.75 Å². The summed E-state index contributed by atoms with van der Waals surface area (Å²) in [5.41, 5.74) is 1.20. The van der Waals surface area contributed by atoms with Crippen LogP contribution >= 0.6 is 0 Å². The molecule has 1 aromatic carbocycles. The molecule has 0 saturated heterocycles. The van der Waals surface area contributed by atoms with Crippen molar-refractivity contribution >= 4 is 11.7 Å². The fourth-order valence-electron chi connectivity index (χ4n) is 2.05. The Morgan fingerprint density at radius 3 is 2.65 bits per heavy atom. The van der Waals surface area contributed by atoms with Crippen LogP contribution in [-0.2, 0) is 14.4 Å². The van der Waals surface area contributed by atoms with E-state index >= 15 is 0 Å². The van der Waals surface area contributed by atoms with Gasteiger partial charge < -0.3 is 19.4 Å². The Hall–Kier alpha value is -2.08. The van der Waals surface area contributed by atoms with Gasteiger partial charge in [-0.3, -0.25) is 4.79 Å². The number of aliphatic hydroxyl groups is 1. The Bertz CT molecular complexity index is 497. The maximum atomic E-state index is 12.0. The molecule has 0 bridgehead atoms. The highest BCUT2D eigenvalue weighted by molar-refractivity contribution is 6.12. The van der Waals surface area contributed by atoms with E-state index in [2.05, 4.69) is 5.16 Å². The third-order valence-corrected chi connectivity index (χ3v) is 3.06. The molecule has 1 N–H and O–H groups in total. The van der Waals surface area contributed by atoms with E-state index in [1.54, 1.807) is 38.3 Å². The summed E-state index contributed by atoms with van der Waals surface area (Å²) in [5.74, 6) is -0.452. The summed E-state index contributed by atoms with van der Waals surface area (Å²) in [6, 6.07) is 7.11. The van der Waals surface area contributed by atoms with Gasteiger partial charge >= 0.3 is 5.97 Å². The fraction of sp³-hybridized carbons (Fsp3) is 0.429. The highest BCUT2D eigenvalue weighted by atomic mass is 16.7. The largest absolute Gasteiger partial charge is 0.497 e. The van der Waals surface area contributed by atoms with Gasteiger partial charge in [0.2, 0.25) is 0 Å². The summed E-state index contributed by atoms with van der Waals surface area (Å²) in [6.45, 7) is 1.70. The fourth-order valence-corrected chi connectivity index (χ4v) is 2.05. The average molecular weight is 279 g/mol. The van der Waals surface area contributed by atoms with Gasteiger partial charge in [0.1, 0.15) is 17.4 Å². The molecule has 1 heterocycles. The Morgan fingerprint density at radius 1 is 1.40 bits per heavy atom. The van der Waals surface area contributed by atoms with Gasteiger partial charge in [-0.05, 0) is 31.2 Å². The van der Waals surface area contributed by atoms with Gasteiger partial charge in [-0.1, -0.05) is 5.16 Å². The number of carbonyl (C=O) groups is 1. The monoisotopic (exact) mass is 279 g/mol. The first-order valence-electron chi connectivity index (χ1n) is 6.36. The van der Waals surface area contributed by atoms with Crippen molar-refractivity contribution in [3.8, 4) is 5.75 Å². The number of rotatable bonds is 5. The van der Waals surface area contributed by atoms with E-state index < -0.39 is 18.0 Å². The van der Waals surface area contributed by atoms with Gasteiger partial charge in [0.05, 0.1) is 20.3 Å². The molecule has 0 aliphatic carbocycles. The van der Waals surface area contributed by atoms with Crippen molar-refractivity contribution in [2.75, 3.05) is 20.3 Å². The molecule has 6 heteroatoms. The van der Waals surface area contributed by atoms with Crippen LogP contribution < -0.4 is 4.74 Å². The van der Waals surface area contributed by atoms with Crippen molar-refractivity contribution in [2.24, 2.45) is 11.1 Å². The molecular formula is C14H17NO5. The van der Waals surface area contributed by atoms with E-state index in [4.69, 9.17) is 14.3 Å². The zero-order valence-electron chi connectivity index (χ0n) is 11.4. The first-order valence-corrected chi connectivity index (χ1v) is 6.36. The van der Waals surface area contributed by atoms with Gasteiger partial charge in [0.25, 0.3) is 0 Å². The Labute approximate surface area is 116 Å². The van der Waals surface area contributed by atoms with Crippen molar-refractivity contribution in [3.63, 3.8) is 0 Å². The van der Waals surface area contributed by atoms with Crippen LogP contribution in [0, 0.1) is 5.92 Å². The lowest BCUT2D eigenvalue weighted by molar-refractivity contribution is -0.149. The number of aliphatic hydroxyl groups excluding tert-OH is 1. The number of nitrogens with zero attached hydrogens (tertiary/aromatic N) is 1. The molecule has 6 nitrogen and oxygen atoms in total. The summed E-state index contributed by atoms with van der Waals surface area (Å²) in [7, 11) is 1.58. The van der Waals surface area contributed by atoms with Crippen molar-refractivity contribution in [1.82, 2.24) is 0 Å². The molecule has 1 aromatic rings. The molecule has 20 heavy (non-hydrogen) atoms. The number of hydrogen-bond acceptors (Lipinski definition) is 6. The molecule has 1 aliphatic heterocycles. The van der Waals surface area contributed by atoms with Crippen molar-refractivity contribution in [2.45, 2.75) is 13.0 Å². The zero-order chi connectivity index (χ0) is 14.5. The van der Waals surface area contributed by atoms with Gasteiger partial charge in [0.15, 0.2) is 6.10 Å². The first-order chi connectivity index (χ1) is 9.71. The number of oxime groups is 1. The highest BCUT2D eigenvalue weighted by Gasteiger charge is 2.41.